The topological polar surface area (TPSA) is 143 Å². The van der Waals surface area contributed by atoms with Crippen LogP contribution in [0.5, 0.6) is 0 Å². The Kier molecular flexibility index (Phi) is 5.94. The Labute approximate surface area is 85.5 Å². The van der Waals surface area contributed by atoms with Gasteiger partial charge in [0.05, 0.1) is 10.5 Å². The SMILES string of the molecule is O.O.[B]c1cc(C(=O)O)cc([N+](=O)[O-])c1. The van der Waals surface area contributed by atoms with Crippen molar-refractivity contribution in [2.75, 3.05) is 0 Å². The second-order valence-electron chi connectivity index (χ2n) is 2.38. The van der Waals surface area contributed by atoms with Gasteiger partial charge in [-0.2, -0.15) is 0 Å². The highest BCUT2D eigenvalue weighted by atomic mass is 16.6. The van der Waals surface area contributed by atoms with Gasteiger partial charge in [0.25, 0.3) is 5.69 Å². The van der Waals surface area contributed by atoms with Gasteiger partial charge in [-0.1, -0.05) is 11.5 Å². The van der Waals surface area contributed by atoms with Gasteiger partial charge in [-0.05, 0) is 0 Å². The zero-order chi connectivity index (χ0) is 10.0. The van der Waals surface area contributed by atoms with Crippen LogP contribution in [-0.4, -0.2) is 34.8 Å². The molecule has 0 heterocycles. The molecule has 0 atom stereocenters. The molecule has 0 saturated heterocycles. The average Bonchev–Trinajstić information content (AvgIpc) is 2.03. The van der Waals surface area contributed by atoms with E-state index in [1.54, 1.807) is 0 Å². The second-order valence-corrected chi connectivity index (χ2v) is 2.38. The maximum Gasteiger partial charge on any atom is 0.335 e. The number of nitro groups is 1. The van der Waals surface area contributed by atoms with Crippen LogP contribution in [-0.2, 0) is 0 Å². The first-order chi connectivity index (χ1) is 6.00. The Balaban J connectivity index is 0. The Bertz CT molecular complexity index is 347. The Hall–Kier alpha value is -1.93. The summed E-state index contributed by atoms with van der Waals surface area (Å²) >= 11 is 0. The van der Waals surface area contributed by atoms with Crippen molar-refractivity contribution < 1.29 is 25.8 Å². The minimum atomic E-state index is -1.24. The fourth-order valence-electron chi connectivity index (χ4n) is 0.864. The minimum Gasteiger partial charge on any atom is -0.478 e. The number of nitrogens with zero attached hydrogens (tertiary/aromatic N) is 1. The van der Waals surface area contributed by atoms with Crippen molar-refractivity contribution in [3.05, 3.63) is 33.9 Å². The molecule has 0 amide bonds. The third-order valence-corrected chi connectivity index (χ3v) is 1.40. The van der Waals surface area contributed by atoms with Crippen molar-refractivity contribution in [3.63, 3.8) is 0 Å². The van der Waals surface area contributed by atoms with Crippen LogP contribution in [0.15, 0.2) is 18.2 Å². The van der Waals surface area contributed by atoms with Gasteiger partial charge in [0.2, 0.25) is 0 Å². The predicted octanol–water partition coefficient (Wildman–Crippen LogP) is -1.56. The normalized spacial score (nSPS) is 8.27. The zero-order valence-corrected chi connectivity index (χ0v) is 7.43. The summed E-state index contributed by atoms with van der Waals surface area (Å²) in [6, 6.07) is 3.22. The highest BCUT2D eigenvalue weighted by Gasteiger charge is 2.11. The highest BCUT2D eigenvalue weighted by Crippen LogP contribution is 2.10. The molecule has 2 radical (unpaired) electrons. The van der Waals surface area contributed by atoms with E-state index < -0.39 is 10.9 Å². The number of non-ortho nitro benzene ring substituents is 1. The molecule has 0 aromatic heterocycles. The maximum atomic E-state index is 10.4. The summed E-state index contributed by atoms with van der Waals surface area (Å²) in [5.41, 5.74) is -0.448. The first kappa shape index (κ1) is 15.5. The molecule has 1 rings (SSSR count). The van der Waals surface area contributed by atoms with Crippen LogP contribution in [0.2, 0.25) is 0 Å². The summed E-state index contributed by atoms with van der Waals surface area (Å²) in [5, 5.41) is 18.8. The lowest BCUT2D eigenvalue weighted by molar-refractivity contribution is -0.384. The van der Waals surface area contributed by atoms with E-state index >= 15 is 0 Å². The van der Waals surface area contributed by atoms with E-state index in [9.17, 15) is 14.9 Å². The molecule has 15 heavy (non-hydrogen) atoms. The summed E-state index contributed by atoms with van der Waals surface area (Å²) in [7, 11) is 5.27. The van der Waals surface area contributed by atoms with Crippen LogP contribution >= 0.6 is 0 Å². The van der Waals surface area contributed by atoms with Crippen LogP contribution in [0, 0.1) is 10.1 Å². The number of rotatable bonds is 2. The molecule has 7 nitrogen and oxygen atoms in total. The molecular weight excluding hydrogens is 205 g/mol. The number of nitro benzene ring substituents is 1. The number of carboxylic acid groups (broad SMARTS) is 1. The average molecular weight is 213 g/mol. The number of aromatic carboxylic acids is 1. The van der Waals surface area contributed by atoms with Crippen LogP contribution in [0.25, 0.3) is 0 Å². The van der Waals surface area contributed by atoms with Gasteiger partial charge in [-0.25, -0.2) is 4.79 Å². The largest absolute Gasteiger partial charge is 0.478 e. The van der Waals surface area contributed by atoms with Crippen molar-refractivity contribution in [1.82, 2.24) is 0 Å². The van der Waals surface area contributed by atoms with Crippen molar-refractivity contribution in [1.29, 1.82) is 0 Å². The summed E-state index contributed by atoms with van der Waals surface area (Å²) in [5.74, 6) is -1.24. The van der Waals surface area contributed by atoms with Gasteiger partial charge in [-0.15, -0.1) is 0 Å². The molecule has 5 N–H and O–H groups in total. The summed E-state index contributed by atoms with van der Waals surface area (Å²) in [6.45, 7) is 0. The molecule has 1 aromatic rings. The standard InChI is InChI=1S/C7H4BNO4.2H2O/c8-5-1-4(7(10)11)2-6(3-5)9(12)13;;/h1-3H,(H,10,11);2*1H2. The fourth-order valence-corrected chi connectivity index (χ4v) is 0.864. The van der Waals surface area contributed by atoms with E-state index in [4.69, 9.17) is 13.0 Å². The van der Waals surface area contributed by atoms with Crippen LogP contribution in [0.4, 0.5) is 5.69 Å². The van der Waals surface area contributed by atoms with E-state index in [-0.39, 0.29) is 27.7 Å². The number of hydrogen-bond acceptors (Lipinski definition) is 3. The molecule has 0 aliphatic heterocycles. The van der Waals surface area contributed by atoms with Crippen molar-refractivity contribution in [3.8, 4) is 0 Å². The smallest absolute Gasteiger partial charge is 0.335 e. The maximum absolute atomic E-state index is 10.4. The lowest BCUT2D eigenvalue weighted by Crippen LogP contribution is -2.08. The highest BCUT2D eigenvalue weighted by molar-refractivity contribution is 6.33. The van der Waals surface area contributed by atoms with Gasteiger partial charge < -0.3 is 16.1 Å². The lowest BCUT2D eigenvalue weighted by atomic mass is 9.94. The fraction of sp³-hybridized carbons (Fsp3) is 0. The van der Waals surface area contributed by atoms with E-state index in [1.165, 1.54) is 0 Å². The number of carboxylic acids is 1. The van der Waals surface area contributed by atoms with Crippen LogP contribution in [0.3, 0.4) is 0 Å². The molecule has 0 aliphatic carbocycles. The number of benzene rings is 1. The van der Waals surface area contributed by atoms with Gasteiger partial charge in [0.1, 0.15) is 7.85 Å². The Morgan fingerprint density at radius 2 is 1.87 bits per heavy atom. The molecule has 80 valence electrons. The summed E-state index contributed by atoms with van der Waals surface area (Å²) < 4.78 is 0. The van der Waals surface area contributed by atoms with Crippen molar-refractivity contribution in [2.24, 2.45) is 0 Å². The quantitative estimate of drug-likeness (QED) is 0.359. The van der Waals surface area contributed by atoms with E-state index in [0.717, 1.165) is 18.2 Å². The Morgan fingerprint density at radius 3 is 2.27 bits per heavy atom. The third kappa shape index (κ3) is 3.75. The van der Waals surface area contributed by atoms with E-state index in [0.29, 0.717) is 0 Å². The lowest BCUT2D eigenvalue weighted by Gasteiger charge is -1.97. The van der Waals surface area contributed by atoms with Crippen LogP contribution in [0.1, 0.15) is 10.4 Å². The Morgan fingerprint density at radius 1 is 1.33 bits per heavy atom. The van der Waals surface area contributed by atoms with E-state index in [2.05, 4.69) is 0 Å². The number of carbonyl (C=O) groups is 1. The van der Waals surface area contributed by atoms with Gasteiger partial charge in [0, 0.05) is 12.1 Å². The van der Waals surface area contributed by atoms with Gasteiger partial charge in [0.15, 0.2) is 0 Å². The molecule has 0 spiro atoms. The molecular formula is C7H8BNO6. The van der Waals surface area contributed by atoms with Crippen molar-refractivity contribution >= 4 is 25.0 Å². The van der Waals surface area contributed by atoms with E-state index in [1.807, 2.05) is 0 Å². The molecule has 0 unspecified atom stereocenters. The summed E-state index contributed by atoms with van der Waals surface area (Å²) in [4.78, 5) is 20.0. The predicted molar refractivity (Wildman–Crippen MR) is 52.7 cm³/mol. The first-order valence-electron chi connectivity index (χ1n) is 3.29. The molecule has 0 aliphatic rings. The van der Waals surface area contributed by atoms with Gasteiger partial charge >= 0.3 is 5.97 Å². The molecule has 1 aromatic carbocycles. The monoisotopic (exact) mass is 213 g/mol. The summed E-state index contributed by atoms with van der Waals surface area (Å²) in [6.07, 6.45) is 0. The van der Waals surface area contributed by atoms with Crippen LogP contribution < -0.4 is 5.46 Å². The molecule has 0 fully saturated rings. The molecule has 0 saturated carbocycles. The van der Waals surface area contributed by atoms with Gasteiger partial charge in [-0.3, -0.25) is 10.1 Å². The number of hydrogen-bond donors (Lipinski definition) is 1. The first-order valence-corrected chi connectivity index (χ1v) is 3.29. The molecule has 8 heteroatoms. The second kappa shape index (κ2) is 5.73. The van der Waals surface area contributed by atoms with Crippen molar-refractivity contribution in [2.45, 2.75) is 0 Å². The zero-order valence-electron chi connectivity index (χ0n) is 7.43. The molecule has 0 bridgehead atoms. The minimum absolute atomic E-state index is 0. The third-order valence-electron chi connectivity index (χ3n) is 1.40.